The van der Waals surface area contributed by atoms with Gasteiger partial charge in [-0.3, -0.25) is 4.79 Å². The van der Waals surface area contributed by atoms with Gasteiger partial charge in [0.2, 0.25) is 0 Å². The Hall–Kier alpha value is -1.16. The lowest BCUT2D eigenvalue weighted by atomic mass is 9.43. The van der Waals surface area contributed by atoms with E-state index in [0.29, 0.717) is 42.9 Å². The maximum absolute atomic E-state index is 13.5. The number of nitrogens with zero attached hydrogens (tertiary/aromatic N) is 2. The van der Waals surface area contributed by atoms with Crippen molar-refractivity contribution in [2.24, 2.45) is 40.4 Å². The van der Waals surface area contributed by atoms with Crippen molar-refractivity contribution in [3.63, 3.8) is 0 Å². The number of hydrogen-bond donors (Lipinski definition) is 1. The van der Waals surface area contributed by atoms with Gasteiger partial charge in [0, 0.05) is 22.4 Å². The average molecular weight is 417 g/mol. The summed E-state index contributed by atoms with van der Waals surface area (Å²) in [5.41, 5.74) is -1.50. The van der Waals surface area contributed by atoms with Crippen LogP contribution in [0.15, 0.2) is 18.7 Å². The Kier molecular flexibility index (Phi) is 3.94. The summed E-state index contributed by atoms with van der Waals surface area (Å²) in [5, 5.41) is 11.1. The second-order valence-corrected chi connectivity index (χ2v) is 11.2. The Labute approximate surface area is 187 Å². The summed E-state index contributed by atoms with van der Waals surface area (Å²) in [6.07, 6.45) is 8.99. The predicted molar refractivity (Wildman–Crippen MR) is 118 cm³/mol. The molecule has 5 rings (SSSR count). The van der Waals surface area contributed by atoms with E-state index < -0.39 is 17.9 Å². The number of hydrogen-bond acceptors (Lipinski definition) is 3. The molecule has 4 heteroatoms. The van der Waals surface area contributed by atoms with Crippen LogP contribution in [0.25, 0.3) is 0 Å². The first kappa shape index (κ1) is 16.5. The fraction of sp³-hybridized carbons (Fsp3) is 0.846. The van der Waals surface area contributed by atoms with Crippen LogP contribution in [-0.4, -0.2) is 26.0 Å². The van der Waals surface area contributed by atoms with E-state index >= 15 is 0 Å². The first-order chi connectivity index (χ1) is 15.8. The lowest BCUT2D eigenvalue weighted by Gasteiger charge is -2.62. The SMILES string of the molecule is [2H]c1nccn1CC(=O)[C@@]1([2H])CC[C@H]2[C@@H]3CC[C@H]4C[C@@](O)(C([2H])([2H])C)CC[C@]4(C)[C@H]3CC[C@@]21C. The molecule has 166 valence electrons. The second-order valence-electron chi connectivity index (χ2n) is 11.2. The third-order valence-electron chi connectivity index (χ3n) is 10.1. The molecule has 4 aliphatic rings. The van der Waals surface area contributed by atoms with Crippen LogP contribution in [0.4, 0.5) is 0 Å². The van der Waals surface area contributed by atoms with Crippen molar-refractivity contribution in [3.05, 3.63) is 18.7 Å². The largest absolute Gasteiger partial charge is 0.390 e. The summed E-state index contributed by atoms with van der Waals surface area (Å²) in [5.74, 6) is 0.472. The molecule has 0 amide bonds. The summed E-state index contributed by atoms with van der Waals surface area (Å²) in [7, 11) is 0. The standard InChI is InChI=1S/C26H40N2O2/c1-4-26(30)12-11-24(2)18(15-26)5-6-19-20-7-8-22(25(20,3)10-9-21(19)24)23(29)16-28-14-13-27-17-28/h13-14,17-22,30H,4-12,15-16H2,1-3H3/t18-,19-,20-,21-,22+,24-,25-,26+/m0/s1/i4D2,17D,22D. The van der Waals surface area contributed by atoms with Gasteiger partial charge in [0.1, 0.15) is 1.37 Å². The number of Topliss-reactive ketones (excluding diaryl/α,β-unsaturated/α-hetero) is 1. The van der Waals surface area contributed by atoms with Gasteiger partial charge in [-0.25, -0.2) is 4.98 Å². The van der Waals surface area contributed by atoms with Crippen LogP contribution in [0.2, 0.25) is 0 Å². The Balaban J connectivity index is 1.38. The molecule has 1 aromatic heterocycles. The van der Waals surface area contributed by atoms with E-state index in [-0.39, 0.29) is 29.5 Å². The smallest absolute Gasteiger partial charge is 0.156 e. The summed E-state index contributed by atoms with van der Waals surface area (Å²) >= 11 is 0. The van der Waals surface area contributed by atoms with Crippen LogP contribution < -0.4 is 0 Å². The molecule has 4 saturated carbocycles. The molecule has 0 aromatic carbocycles. The molecule has 0 unspecified atom stereocenters. The number of rotatable bonds is 4. The molecule has 4 fully saturated rings. The van der Waals surface area contributed by atoms with Gasteiger partial charge >= 0.3 is 0 Å². The number of aliphatic hydroxyl groups is 1. The zero-order valence-electron chi connectivity index (χ0n) is 22.8. The lowest BCUT2D eigenvalue weighted by molar-refractivity contribution is -0.154. The molecular weight excluding hydrogens is 372 g/mol. The maximum atomic E-state index is 13.5. The number of fused-ring (bicyclic) bond motifs is 5. The highest BCUT2D eigenvalue weighted by atomic mass is 16.3. The van der Waals surface area contributed by atoms with Crippen LogP contribution in [0, 0.1) is 40.4 Å². The van der Waals surface area contributed by atoms with Gasteiger partial charge in [-0.1, -0.05) is 20.8 Å². The first-order valence-corrected chi connectivity index (χ1v) is 12.0. The third-order valence-corrected chi connectivity index (χ3v) is 10.1. The van der Waals surface area contributed by atoms with Gasteiger partial charge in [-0.15, -0.1) is 0 Å². The fourth-order valence-electron chi connectivity index (χ4n) is 8.34. The van der Waals surface area contributed by atoms with Gasteiger partial charge in [0.05, 0.1) is 18.4 Å². The number of carbonyl (C=O) groups is 1. The van der Waals surface area contributed by atoms with Crippen molar-refractivity contribution in [1.29, 1.82) is 0 Å². The molecule has 1 heterocycles. The zero-order chi connectivity index (χ0) is 24.7. The van der Waals surface area contributed by atoms with Crippen molar-refractivity contribution in [2.45, 2.75) is 97.1 Å². The second kappa shape index (κ2) is 7.18. The molecule has 0 saturated heterocycles. The van der Waals surface area contributed by atoms with Crippen molar-refractivity contribution in [3.8, 4) is 0 Å². The highest BCUT2D eigenvalue weighted by molar-refractivity contribution is 5.82. The van der Waals surface area contributed by atoms with Gasteiger partial charge in [-0.05, 0) is 98.7 Å². The van der Waals surface area contributed by atoms with Crippen LogP contribution in [0.3, 0.4) is 0 Å². The van der Waals surface area contributed by atoms with Crippen LogP contribution >= 0.6 is 0 Å². The van der Waals surface area contributed by atoms with Crippen LogP contribution in [0.5, 0.6) is 0 Å². The van der Waals surface area contributed by atoms with E-state index in [2.05, 4.69) is 18.8 Å². The Morgan fingerprint density at radius 3 is 2.73 bits per heavy atom. The molecule has 4 nitrogen and oxygen atoms in total. The molecule has 0 bridgehead atoms. The first-order valence-electron chi connectivity index (χ1n) is 14.0. The molecule has 0 aliphatic heterocycles. The molecule has 1 N–H and O–H groups in total. The van der Waals surface area contributed by atoms with E-state index in [0.717, 1.165) is 38.5 Å². The molecular formula is C26H40N2O2. The summed E-state index contributed by atoms with van der Waals surface area (Å²) in [6, 6.07) is 0. The van der Waals surface area contributed by atoms with Crippen LogP contribution in [-0.2, 0) is 11.3 Å². The average Bonchev–Trinajstić information content (AvgIpc) is 3.28. The Morgan fingerprint density at radius 1 is 1.20 bits per heavy atom. The van der Waals surface area contributed by atoms with Gasteiger partial charge in [0.15, 0.2) is 5.78 Å². The lowest BCUT2D eigenvalue weighted by Crippen LogP contribution is -2.56. The molecule has 0 spiro atoms. The van der Waals surface area contributed by atoms with Crippen LogP contribution in [0.1, 0.15) is 90.4 Å². The molecule has 4 aliphatic carbocycles. The minimum absolute atomic E-state index is 0.0517. The van der Waals surface area contributed by atoms with E-state index in [9.17, 15) is 11.3 Å². The van der Waals surface area contributed by atoms with E-state index in [1.54, 1.807) is 10.8 Å². The quantitative estimate of drug-likeness (QED) is 0.729. The number of ketones is 1. The molecule has 30 heavy (non-hydrogen) atoms. The highest BCUT2D eigenvalue weighted by Gasteiger charge is 2.61. The Bertz CT molecular complexity index is 978. The van der Waals surface area contributed by atoms with E-state index in [1.807, 2.05) is 0 Å². The summed E-state index contributed by atoms with van der Waals surface area (Å²) in [6.45, 7) is 6.13. The minimum atomic E-state index is -1.60. The van der Waals surface area contributed by atoms with Crippen molar-refractivity contribution < 1.29 is 15.4 Å². The number of imidazole rings is 1. The number of carbonyl (C=O) groups excluding carboxylic acids is 1. The fourth-order valence-corrected chi connectivity index (χ4v) is 8.34. The van der Waals surface area contributed by atoms with E-state index in [1.165, 1.54) is 13.1 Å². The highest BCUT2D eigenvalue weighted by Crippen LogP contribution is 2.68. The van der Waals surface area contributed by atoms with Gasteiger partial charge < -0.3 is 9.67 Å². The van der Waals surface area contributed by atoms with Crippen molar-refractivity contribution in [2.75, 3.05) is 0 Å². The predicted octanol–water partition coefficient (Wildman–Crippen LogP) is 5.25. The topological polar surface area (TPSA) is 55.1 Å². The van der Waals surface area contributed by atoms with Crippen molar-refractivity contribution in [1.82, 2.24) is 9.55 Å². The Morgan fingerprint density at radius 2 is 2.00 bits per heavy atom. The zero-order valence-corrected chi connectivity index (χ0v) is 18.8. The van der Waals surface area contributed by atoms with Crippen molar-refractivity contribution >= 4 is 5.78 Å². The number of aromatic nitrogens is 2. The monoisotopic (exact) mass is 416 g/mol. The molecule has 8 atom stereocenters. The normalized spacial score (nSPS) is 52.8. The summed E-state index contributed by atoms with van der Waals surface area (Å²) < 4.78 is 35.3. The van der Waals surface area contributed by atoms with Gasteiger partial charge in [-0.2, -0.15) is 0 Å². The summed E-state index contributed by atoms with van der Waals surface area (Å²) in [4.78, 5) is 17.4. The minimum Gasteiger partial charge on any atom is -0.390 e. The maximum Gasteiger partial charge on any atom is 0.156 e. The molecule has 1 aromatic rings. The third kappa shape index (κ3) is 3.04. The van der Waals surface area contributed by atoms with E-state index in [4.69, 9.17) is 4.11 Å². The molecule has 0 radical (unpaired) electrons. The van der Waals surface area contributed by atoms with Gasteiger partial charge in [0.25, 0.3) is 0 Å².